The largest absolute Gasteiger partial charge is 0.489 e. The van der Waals surface area contributed by atoms with E-state index in [4.69, 9.17) is 28.0 Å². The van der Waals surface area contributed by atoms with Crippen LogP contribution in [0.5, 0.6) is 5.75 Å². The molecule has 2 aromatic carbocycles. The van der Waals surface area contributed by atoms with E-state index in [0.29, 0.717) is 17.5 Å². The van der Waals surface area contributed by atoms with Crippen LogP contribution in [0.2, 0.25) is 5.02 Å². The maximum atomic E-state index is 5.85. The van der Waals surface area contributed by atoms with Crippen molar-refractivity contribution in [3.63, 3.8) is 0 Å². The Bertz CT molecular complexity index is 785. The molecular weight excluding hydrogens is 316 g/mol. The number of nitrogens with zero attached hydrogens (tertiary/aromatic N) is 3. The average molecular weight is 331 g/mol. The van der Waals surface area contributed by atoms with Crippen molar-refractivity contribution < 1.29 is 4.74 Å². The molecular formula is C15H15ClN6O. The Kier molecular flexibility index (Phi) is 4.31. The molecule has 0 saturated heterocycles. The number of nitrogen functional groups attached to an aromatic ring is 2. The molecule has 118 valence electrons. The smallest absolute Gasteiger partial charge is 0.257 e. The minimum absolute atomic E-state index is 0.281. The van der Waals surface area contributed by atoms with Gasteiger partial charge in [-0.1, -0.05) is 23.7 Å². The molecule has 0 aliphatic heterocycles. The van der Waals surface area contributed by atoms with E-state index in [1.54, 1.807) is 0 Å². The second-order valence-electron chi connectivity index (χ2n) is 4.80. The highest BCUT2D eigenvalue weighted by Gasteiger charge is 2.10. The fourth-order valence-electron chi connectivity index (χ4n) is 2.03. The van der Waals surface area contributed by atoms with Crippen molar-refractivity contribution >= 4 is 17.5 Å². The molecule has 3 rings (SSSR count). The van der Waals surface area contributed by atoms with Gasteiger partial charge >= 0.3 is 0 Å². The van der Waals surface area contributed by atoms with Crippen LogP contribution in [0.25, 0.3) is 11.4 Å². The average Bonchev–Trinajstić information content (AvgIpc) is 2.95. The van der Waals surface area contributed by atoms with Crippen molar-refractivity contribution in [3.05, 3.63) is 59.1 Å². The van der Waals surface area contributed by atoms with Gasteiger partial charge in [-0.25, -0.2) is 10.5 Å². The van der Waals surface area contributed by atoms with Crippen molar-refractivity contribution in [2.75, 3.05) is 11.3 Å². The molecule has 1 heterocycles. The first-order valence-electron chi connectivity index (χ1n) is 6.82. The third-order valence-electron chi connectivity index (χ3n) is 3.26. The van der Waals surface area contributed by atoms with Crippen LogP contribution < -0.4 is 21.8 Å². The molecule has 0 bridgehead atoms. The Morgan fingerprint density at radius 1 is 1.04 bits per heavy atom. The van der Waals surface area contributed by atoms with E-state index >= 15 is 0 Å². The van der Waals surface area contributed by atoms with E-state index in [2.05, 4.69) is 15.6 Å². The summed E-state index contributed by atoms with van der Waals surface area (Å²) >= 11 is 5.85. The van der Waals surface area contributed by atoms with Crippen molar-refractivity contribution in [2.24, 2.45) is 5.84 Å². The Morgan fingerprint density at radius 3 is 2.35 bits per heavy atom. The highest BCUT2D eigenvalue weighted by Crippen LogP contribution is 2.22. The molecule has 0 spiro atoms. The van der Waals surface area contributed by atoms with Gasteiger partial charge in [0.25, 0.3) is 5.95 Å². The zero-order valence-corrected chi connectivity index (χ0v) is 12.9. The first-order chi connectivity index (χ1) is 11.2. The molecule has 7 nitrogen and oxygen atoms in total. The van der Waals surface area contributed by atoms with Crippen molar-refractivity contribution in [1.82, 2.24) is 14.9 Å². The van der Waals surface area contributed by atoms with E-state index in [1.807, 2.05) is 48.5 Å². The molecule has 5 N–H and O–H groups in total. The molecule has 23 heavy (non-hydrogen) atoms. The summed E-state index contributed by atoms with van der Waals surface area (Å²) in [6.07, 6.45) is 0. The van der Waals surface area contributed by atoms with Crippen molar-refractivity contribution in [2.45, 2.75) is 6.61 Å². The van der Waals surface area contributed by atoms with Gasteiger partial charge in [0.15, 0.2) is 5.82 Å². The number of ether oxygens (including phenoxy) is 1. The fourth-order valence-corrected chi connectivity index (χ4v) is 2.16. The summed E-state index contributed by atoms with van der Waals surface area (Å²) in [6.45, 7) is 0.463. The minimum atomic E-state index is 0.281. The number of hydrazine groups is 1. The summed E-state index contributed by atoms with van der Waals surface area (Å²) in [5.74, 6) is 12.6. The fraction of sp³-hybridized carbons (Fsp3) is 0.0667. The van der Waals surface area contributed by atoms with E-state index in [-0.39, 0.29) is 5.95 Å². The van der Waals surface area contributed by atoms with E-state index in [1.165, 1.54) is 4.68 Å². The topological polar surface area (TPSA) is 104 Å². The van der Waals surface area contributed by atoms with Crippen LogP contribution >= 0.6 is 11.6 Å². The van der Waals surface area contributed by atoms with Crippen LogP contribution in [-0.4, -0.2) is 14.9 Å². The van der Waals surface area contributed by atoms with Gasteiger partial charge in [-0.3, -0.25) is 5.43 Å². The summed E-state index contributed by atoms with van der Waals surface area (Å²) in [6, 6.07) is 14.9. The van der Waals surface area contributed by atoms with Crippen LogP contribution in [0, 0.1) is 0 Å². The van der Waals surface area contributed by atoms with Crippen molar-refractivity contribution in [1.29, 1.82) is 0 Å². The first kappa shape index (κ1) is 15.1. The molecule has 0 amide bonds. The van der Waals surface area contributed by atoms with Gasteiger partial charge < -0.3 is 10.6 Å². The van der Waals surface area contributed by atoms with E-state index < -0.39 is 0 Å². The van der Waals surface area contributed by atoms with Crippen LogP contribution in [0.15, 0.2) is 48.5 Å². The Morgan fingerprint density at radius 2 is 1.74 bits per heavy atom. The number of halogens is 1. The summed E-state index contributed by atoms with van der Waals surface area (Å²) < 4.78 is 7.01. The summed E-state index contributed by atoms with van der Waals surface area (Å²) in [5.41, 5.74) is 4.22. The molecule has 0 radical (unpaired) electrons. The SMILES string of the molecule is NNc1nnc(-c2ccc(OCc3ccc(Cl)cc3)cc2)n1N. The predicted octanol–water partition coefficient (Wildman–Crippen LogP) is 2.18. The molecule has 0 aliphatic rings. The van der Waals surface area contributed by atoms with Gasteiger partial charge in [-0.2, -0.15) is 0 Å². The van der Waals surface area contributed by atoms with Crippen LogP contribution in [0.3, 0.4) is 0 Å². The highest BCUT2D eigenvalue weighted by molar-refractivity contribution is 6.30. The second kappa shape index (κ2) is 6.55. The van der Waals surface area contributed by atoms with Gasteiger partial charge in [-0.15, -0.1) is 10.2 Å². The molecule has 3 aromatic rings. The van der Waals surface area contributed by atoms with Crippen LogP contribution in [0.1, 0.15) is 5.56 Å². The second-order valence-corrected chi connectivity index (χ2v) is 5.24. The Labute approximate surface area is 137 Å². The lowest BCUT2D eigenvalue weighted by molar-refractivity contribution is 0.306. The number of nitrogens with one attached hydrogen (secondary N) is 1. The third-order valence-corrected chi connectivity index (χ3v) is 3.51. The number of anilines is 1. The Balaban J connectivity index is 1.69. The van der Waals surface area contributed by atoms with E-state index in [9.17, 15) is 0 Å². The third kappa shape index (κ3) is 3.36. The highest BCUT2D eigenvalue weighted by atomic mass is 35.5. The molecule has 0 atom stereocenters. The monoisotopic (exact) mass is 330 g/mol. The molecule has 8 heteroatoms. The van der Waals surface area contributed by atoms with Crippen molar-refractivity contribution in [3.8, 4) is 17.1 Å². The number of nitrogens with two attached hydrogens (primary N) is 2. The van der Waals surface area contributed by atoms with Crippen LogP contribution in [-0.2, 0) is 6.61 Å². The van der Waals surface area contributed by atoms with Gasteiger partial charge in [0.1, 0.15) is 12.4 Å². The lowest BCUT2D eigenvalue weighted by Crippen LogP contribution is -2.18. The molecule has 0 fully saturated rings. The summed E-state index contributed by atoms with van der Waals surface area (Å²) in [4.78, 5) is 0. The molecule has 1 aromatic heterocycles. The van der Waals surface area contributed by atoms with Crippen LogP contribution in [0.4, 0.5) is 5.95 Å². The van der Waals surface area contributed by atoms with E-state index in [0.717, 1.165) is 16.9 Å². The summed E-state index contributed by atoms with van der Waals surface area (Å²) in [7, 11) is 0. The number of hydrogen-bond acceptors (Lipinski definition) is 6. The lowest BCUT2D eigenvalue weighted by Gasteiger charge is -2.07. The molecule has 0 aliphatic carbocycles. The summed E-state index contributed by atoms with van der Waals surface area (Å²) in [5, 5.41) is 8.51. The maximum absolute atomic E-state index is 5.85. The molecule has 0 unspecified atom stereocenters. The quantitative estimate of drug-likeness (QED) is 0.489. The first-order valence-corrected chi connectivity index (χ1v) is 7.20. The standard InChI is InChI=1S/C15H15ClN6O/c16-12-5-1-10(2-6-12)9-23-13-7-3-11(4-8-13)14-20-21-15(19-17)22(14)18/h1-8H,9,17-18H2,(H,19,21). The van der Waals surface area contributed by atoms with Gasteiger partial charge in [0, 0.05) is 10.6 Å². The van der Waals surface area contributed by atoms with Gasteiger partial charge in [-0.05, 0) is 42.0 Å². The zero-order valence-electron chi connectivity index (χ0n) is 12.1. The number of rotatable bonds is 5. The normalized spacial score (nSPS) is 10.5. The number of aromatic nitrogens is 3. The predicted molar refractivity (Wildman–Crippen MR) is 89.2 cm³/mol. The Hall–Kier alpha value is -2.77. The zero-order chi connectivity index (χ0) is 16.2. The minimum Gasteiger partial charge on any atom is -0.489 e. The lowest BCUT2D eigenvalue weighted by atomic mass is 10.2. The molecule has 0 saturated carbocycles. The number of benzene rings is 2. The van der Waals surface area contributed by atoms with Gasteiger partial charge in [0.05, 0.1) is 0 Å². The number of hydrogen-bond donors (Lipinski definition) is 3. The van der Waals surface area contributed by atoms with Gasteiger partial charge in [0.2, 0.25) is 0 Å². The maximum Gasteiger partial charge on any atom is 0.257 e.